The van der Waals surface area contributed by atoms with Crippen molar-refractivity contribution >= 4 is 24.3 Å². The van der Waals surface area contributed by atoms with E-state index in [0.717, 1.165) is 11.4 Å². The smallest absolute Gasteiger partial charge is 0.0631 e. The van der Waals surface area contributed by atoms with Gasteiger partial charge in [0, 0.05) is 0 Å². The van der Waals surface area contributed by atoms with Crippen LogP contribution in [0, 0.1) is 13.8 Å². The van der Waals surface area contributed by atoms with Crippen molar-refractivity contribution in [2.75, 3.05) is 0 Å². The molecule has 0 unspecified atom stereocenters. The fourth-order valence-corrected chi connectivity index (χ4v) is 2.00. The molecule has 0 fully saturated rings. The molecule has 0 aliphatic rings. The van der Waals surface area contributed by atoms with Crippen LogP contribution >= 0.6 is 0 Å². The van der Waals surface area contributed by atoms with Crippen LogP contribution in [0.4, 0.5) is 0 Å². The summed E-state index contributed by atoms with van der Waals surface area (Å²) < 4.78 is 0. The molecular weight excluding hydrogens is 266 g/mol. The summed E-state index contributed by atoms with van der Waals surface area (Å²) in [4.78, 5) is 4.17. The van der Waals surface area contributed by atoms with E-state index in [0.29, 0.717) is 0 Å². The zero-order chi connectivity index (χ0) is 16.5. The number of hydrogen-bond donors (Lipinski definition) is 0. The monoisotopic (exact) mass is 289 g/mol. The summed E-state index contributed by atoms with van der Waals surface area (Å²) in [7, 11) is 0. The van der Waals surface area contributed by atoms with Gasteiger partial charge in [0.25, 0.3) is 0 Å². The molecule has 1 heteroatoms. The fraction of sp³-hybridized carbons (Fsp3) is 0.0952. The third-order valence-electron chi connectivity index (χ3n) is 3.30. The fourth-order valence-electron chi connectivity index (χ4n) is 2.00. The van der Waals surface area contributed by atoms with Gasteiger partial charge in [0.1, 0.15) is 0 Å². The lowest BCUT2D eigenvalue weighted by Gasteiger charge is -2.05. The van der Waals surface area contributed by atoms with E-state index in [-0.39, 0.29) is 0 Å². The molecule has 2 aromatic rings. The average Bonchev–Trinajstić information content (AvgIpc) is 2.57. The van der Waals surface area contributed by atoms with Crippen molar-refractivity contribution in [3.05, 3.63) is 90.3 Å². The van der Waals surface area contributed by atoms with Crippen molar-refractivity contribution < 1.29 is 0 Å². The molecule has 1 aromatic heterocycles. The first-order chi connectivity index (χ1) is 10.5. The maximum Gasteiger partial charge on any atom is 0.0631 e. The standard InChI is InChI=1S/C12H14.C9H9N/c1-5-11-7-10(4)12(6-2)8-9(11)3;1-3-8-6-5-7-9(4-2)10-8/h5-8H,1-2H2,3-4H3;3-7H,1-2H2. The molecule has 0 N–H and O–H groups in total. The van der Waals surface area contributed by atoms with Crippen molar-refractivity contribution in [3.63, 3.8) is 0 Å². The number of benzene rings is 1. The predicted octanol–water partition coefficient (Wildman–Crippen LogP) is 5.96. The second-order valence-electron chi connectivity index (χ2n) is 4.87. The highest BCUT2D eigenvalue weighted by atomic mass is 14.7. The molecule has 0 amide bonds. The summed E-state index contributed by atoms with van der Waals surface area (Å²) in [5, 5.41) is 0. The minimum Gasteiger partial charge on any atom is -0.249 e. The SMILES string of the molecule is C=Cc1cc(C)c(C=C)cc1C.C=Cc1cccc(C=C)n1. The van der Waals surface area contributed by atoms with Crippen LogP contribution in [-0.4, -0.2) is 4.98 Å². The third-order valence-corrected chi connectivity index (χ3v) is 3.30. The first-order valence-corrected chi connectivity index (χ1v) is 7.13. The van der Waals surface area contributed by atoms with E-state index in [1.54, 1.807) is 12.2 Å². The lowest BCUT2D eigenvalue weighted by atomic mass is 10.0. The zero-order valence-electron chi connectivity index (χ0n) is 13.5. The molecule has 0 atom stereocenters. The largest absolute Gasteiger partial charge is 0.249 e. The maximum atomic E-state index is 4.17. The molecular formula is C21H23N. The molecule has 0 bridgehead atoms. The molecule has 0 saturated heterocycles. The lowest BCUT2D eigenvalue weighted by molar-refractivity contribution is 1.27. The van der Waals surface area contributed by atoms with E-state index in [2.05, 4.69) is 57.3 Å². The molecule has 2 rings (SSSR count). The van der Waals surface area contributed by atoms with E-state index >= 15 is 0 Å². The van der Waals surface area contributed by atoms with Gasteiger partial charge in [0.05, 0.1) is 11.4 Å². The van der Waals surface area contributed by atoms with Crippen LogP contribution in [0.2, 0.25) is 0 Å². The summed E-state index contributed by atoms with van der Waals surface area (Å²) in [6.07, 6.45) is 7.20. The molecule has 22 heavy (non-hydrogen) atoms. The number of rotatable bonds is 4. The quantitative estimate of drug-likeness (QED) is 0.677. The maximum absolute atomic E-state index is 4.17. The van der Waals surface area contributed by atoms with E-state index in [4.69, 9.17) is 0 Å². The van der Waals surface area contributed by atoms with Crippen molar-refractivity contribution in [1.29, 1.82) is 0 Å². The molecule has 0 aliphatic carbocycles. The zero-order valence-corrected chi connectivity index (χ0v) is 13.5. The number of nitrogens with zero attached hydrogens (tertiary/aromatic N) is 1. The molecule has 0 saturated carbocycles. The summed E-state index contributed by atoms with van der Waals surface area (Å²) >= 11 is 0. The van der Waals surface area contributed by atoms with Crippen molar-refractivity contribution in [3.8, 4) is 0 Å². The second kappa shape index (κ2) is 8.58. The minimum atomic E-state index is 0.886. The lowest BCUT2D eigenvalue weighted by Crippen LogP contribution is -1.86. The van der Waals surface area contributed by atoms with Gasteiger partial charge in [0.2, 0.25) is 0 Å². The van der Waals surface area contributed by atoms with Crippen molar-refractivity contribution in [1.82, 2.24) is 4.98 Å². The highest BCUT2D eigenvalue weighted by Gasteiger charge is 1.98. The predicted molar refractivity (Wildman–Crippen MR) is 101 cm³/mol. The number of hydrogen-bond acceptors (Lipinski definition) is 1. The Bertz CT molecular complexity index is 636. The van der Waals surface area contributed by atoms with Gasteiger partial charge in [-0.1, -0.05) is 56.7 Å². The van der Waals surface area contributed by atoms with Crippen LogP contribution in [0.5, 0.6) is 0 Å². The Labute approximate surface area is 134 Å². The summed E-state index contributed by atoms with van der Waals surface area (Å²) in [5.41, 5.74) is 6.70. The Morgan fingerprint density at radius 2 is 1.14 bits per heavy atom. The van der Waals surface area contributed by atoms with Gasteiger partial charge < -0.3 is 0 Å². The van der Waals surface area contributed by atoms with Crippen molar-refractivity contribution in [2.24, 2.45) is 0 Å². The van der Waals surface area contributed by atoms with Crippen LogP contribution < -0.4 is 0 Å². The summed E-state index contributed by atoms with van der Waals surface area (Å²) in [6.45, 7) is 18.9. The third kappa shape index (κ3) is 4.71. The summed E-state index contributed by atoms with van der Waals surface area (Å²) in [6, 6.07) is 10.0. The topological polar surface area (TPSA) is 12.9 Å². The van der Waals surface area contributed by atoms with Gasteiger partial charge in [-0.2, -0.15) is 0 Å². The van der Waals surface area contributed by atoms with Crippen LogP contribution in [0.25, 0.3) is 24.3 Å². The van der Waals surface area contributed by atoms with Crippen LogP contribution in [0.3, 0.4) is 0 Å². The highest BCUT2D eigenvalue weighted by molar-refractivity contribution is 5.60. The molecule has 1 nitrogen and oxygen atoms in total. The summed E-state index contributed by atoms with van der Waals surface area (Å²) in [5.74, 6) is 0. The highest BCUT2D eigenvalue weighted by Crippen LogP contribution is 2.17. The first-order valence-electron chi connectivity index (χ1n) is 7.13. The van der Waals surface area contributed by atoms with Gasteiger partial charge in [-0.15, -0.1) is 0 Å². The van der Waals surface area contributed by atoms with Gasteiger partial charge >= 0.3 is 0 Å². The number of pyridine rings is 1. The molecule has 1 aromatic carbocycles. The van der Waals surface area contributed by atoms with Crippen LogP contribution in [-0.2, 0) is 0 Å². The Morgan fingerprint density at radius 1 is 0.727 bits per heavy atom. The van der Waals surface area contributed by atoms with E-state index < -0.39 is 0 Å². The van der Waals surface area contributed by atoms with Crippen molar-refractivity contribution in [2.45, 2.75) is 13.8 Å². The Kier molecular flexibility index (Phi) is 6.78. The van der Waals surface area contributed by atoms with Crippen LogP contribution in [0.1, 0.15) is 33.6 Å². The van der Waals surface area contributed by atoms with E-state index in [1.807, 2.05) is 30.4 Å². The second-order valence-corrected chi connectivity index (χ2v) is 4.87. The first kappa shape index (κ1) is 17.4. The molecule has 0 aliphatic heterocycles. The molecule has 112 valence electrons. The van der Waals surface area contributed by atoms with E-state index in [1.165, 1.54) is 22.3 Å². The average molecular weight is 289 g/mol. The van der Waals surface area contributed by atoms with Gasteiger partial charge in [0.15, 0.2) is 0 Å². The number of aromatic nitrogens is 1. The number of aryl methyl sites for hydroxylation is 2. The Hall–Kier alpha value is -2.67. The van der Waals surface area contributed by atoms with Gasteiger partial charge in [-0.05, 0) is 60.4 Å². The van der Waals surface area contributed by atoms with E-state index in [9.17, 15) is 0 Å². The van der Waals surface area contributed by atoms with Gasteiger partial charge in [-0.25, -0.2) is 4.98 Å². The normalized spacial score (nSPS) is 9.18. The molecule has 0 radical (unpaired) electrons. The Morgan fingerprint density at radius 3 is 1.45 bits per heavy atom. The Balaban J connectivity index is 0.000000224. The van der Waals surface area contributed by atoms with Gasteiger partial charge in [-0.3, -0.25) is 0 Å². The molecule has 0 spiro atoms. The molecule has 1 heterocycles. The minimum absolute atomic E-state index is 0.886. The van der Waals surface area contributed by atoms with Crippen LogP contribution in [0.15, 0.2) is 56.6 Å².